The molecule has 0 aromatic heterocycles. The van der Waals surface area contributed by atoms with Gasteiger partial charge in [-0.25, -0.2) is 0 Å². The lowest BCUT2D eigenvalue weighted by Crippen LogP contribution is -2.55. The van der Waals surface area contributed by atoms with Gasteiger partial charge in [-0.2, -0.15) is 0 Å². The predicted molar refractivity (Wildman–Crippen MR) is 116 cm³/mol. The number of nitrogens with one attached hydrogen (secondary N) is 1. The van der Waals surface area contributed by atoms with Crippen molar-refractivity contribution in [1.82, 2.24) is 0 Å². The second kappa shape index (κ2) is 9.03. The fraction of sp³-hybridized carbons (Fsp3) is 0.364. The third kappa shape index (κ3) is 4.60. The summed E-state index contributed by atoms with van der Waals surface area (Å²) < 4.78 is 11.2. The summed E-state index contributed by atoms with van der Waals surface area (Å²) >= 11 is 0. The molecule has 1 heterocycles. The minimum Gasteiger partial charge on any atom is -0.494 e. The number of amides is 2. The summed E-state index contributed by atoms with van der Waals surface area (Å²) in [5, 5.41) is 14.0. The van der Waals surface area contributed by atoms with Crippen LogP contribution in [0.15, 0.2) is 42.5 Å². The normalized spacial score (nSPS) is 16.4. The van der Waals surface area contributed by atoms with Gasteiger partial charge in [-0.15, -0.1) is 0 Å². The van der Waals surface area contributed by atoms with Crippen LogP contribution in [0.5, 0.6) is 11.5 Å². The summed E-state index contributed by atoms with van der Waals surface area (Å²) in [6.07, 6.45) is -0.852. The Labute approximate surface area is 180 Å². The third-order valence-electron chi connectivity index (χ3n) is 4.95. The van der Waals surface area contributed by atoms with Crippen molar-refractivity contribution < 1.29 is 24.0 Å². The quantitative estimate of drug-likeness (QED) is 0.532. The maximum atomic E-state index is 13.1. The Morgan fingerprint density at radius 3 is 2.48 bits per heavy atom. The van der Waals surface area contributed by atoms with Gasteiger partial charge in [-0.05, 0) is 50.1 Å². The first kappa shape index (κ1) is 22.1. The zero-order chi connectivity index (χ0) is 22.7. The van der Waals surface area contributed by atoms with E-state index < -0.39 is 23.0 Å². The number of fused-ring (bicyclic) bond motifs is 1. The molecule has 3 rings (SSSR count). The highest BCUT2D eigenvalue weighted by molar-refractivity contribution is 6.08. The van der Waals surface area contributed by atoms with Crippen molar-refractivity contribution in [2.24, 2.45) is 5.92 Å². The smallest absolute Gasteiger partial charge is 0.273 e. The van der Waals surface area contributed by atoms with Crippen LogP contribution in [0.1, 0.15) is 27.7 Å². The fourth-order valence-electron chi connectivity index (χ4n) is 3.34. The average molecular weight is 427 g/mol. The van der Waals surface area contributed by atoms with Gasteiger partial charge in [-0.3, -0.25) is 24.6 Å². The Balaban J connectivity index is 1.89. The van der Waals surface area contributed by atoms with Gasteiger partial charge in [0, 0.05) is 11.8 Å². The molecule has 0 bridgehead atoms. The van der Waals surface area contributed by atoms with Gasteiger partial charge in [-0.1, -0.05) is 13.8 Å². The monoisotopic (exact) mass is 427 g/mol. The number of hydrogen-bond donors (Lipinski definition) is 1. The Morgan fingerprint density at radius 2 is 1.90 bits per heavy atom. The molecule has 2 atom stereocenters. The third-order valence-corrected chi connectivity index (χ3v) is 4.95. The van der Waals surface area contributed by atoms with Crippen molar-refractivity contribution in [3.05, 3.63) is 52.6 Å². The molecule has 31 heavy (non-hydrogen) atoms. The molecule has 1 aliphatic rings. The second-order valence-corrected chi connectivity index (χ2v) is 7.52. The van der Waals surface area contributed by atoms with Crippen molar-refractivity contribution in [3.63, 3.8) is 0 Å². The molecule has 2 amide bonds. The van der Waals surface area contributed by atoms with E-state index in [2.05, 4.69) is 5.32 Å². The minimum atomic E-state index is -0.871. The molecule has 0 saturated heterocycles. The molecule has 9 heteroatoms. The summed E-state index contributed by atoms with van der Waals surface area (Å²) in [4.78, 5) is 38.0. The molecule has 0 fully saturated rings. The van der Waals surface area contributed by atoms with Crippen molar-refractivity contribution in [1.29, 1.82) is 0 Å². The number of hydrogen-bond acceptors (Lipinski definition) is 6. The van der Waals surface area contributed by atoms with Crippen LogP contribution in [0.4, 0.5) is 17.1 Å². The number of nitro groups is 1. The zero-order valence-electron chi connectivity index (χ0n) is 17.8. The van der Waals surface area contributed by atoms with Crippen molar-refractivity contribution in [2.75, 3.05) is 16.8 Å². The number of nitrogens with zero attached hydrogens (tertiary/aromatic N) is 2. The van der Waals surface area contributed by atoms with E-state index in [-0.39, 0.29) is 23.3 Å². The van der Waals surface area contributed by atoms with E-state index in [1.165, 1.54) is 23.1 Å². The number of ether oxygens (including phenoxy) is 2. The second-order valence-electron chi connectivity index (χ2n) is 7.52. The summed E-state index contributed by atoms with van der Waals surface area (Å²) in [6.45, 7) is 7.65. The molecule has 1 aliphatic heterocycles. The Hall–Kier alpha value is -3.62. The summed E-state index contributed by atoms with van der Waals surface area (Å²) in [5.74, 6) is -0.0684. The first-order valence-corrected chi connectivity index (χ1v) is 10.0. The minimum absolute atomic E-state index is 0.151. The molecule has 2 aromatic rings. The van der Waals surface area contributed by atoms with Crippen LogP contribution in [0.2, 0.25) is 0 Å². The first-order chi connectivity index (χ1) is 14.7. The lowest BCUT2D eigenvalue weighted by Gasteiger charge is -2.38. The molecule has 2 aromatic carbocycles. The number of non-ortho nitro benzene ring substituents is 1. The Bertz CT molecular complexity index is 989. The maximum Gasteiger partial charge on any atom is 0.273 e. The number of anilines is 2. The highest BCUT2D eigenvalue weighted by atomic mass is 16.6. The van der Waals surface area contributed by atoms with Crippen molar-refractivity contribution in [3.8, 4) is 11.5 Å². The van der Waals surface area contributed by atoms with E-state index in [1.807, 2.05) is 20.8 Å². The van der Waals surface area contributed by atoms with Gasteiger partial charge in [0.2, 0.25) is 5.91 Å². The molecule has 0 radical (unpaired) electrons. The lowest BCUT2D eigenvalue weighted by molar-refractivity contribution is -0.384. The van der Waals surface area contributed by atoms with Crippen LogP contribution >= 0.6 is 0 Å². The predicted octanol–water partition coefficient (Wildman–Crippen LogP) is 3.77. The van der Waals surface area contributed by atoms with Gasteiger partial charge in [0.15, 0.2) is 11.9 Å². The van der Waals surface area contributed by atoms with E-state index in [1.54, 1.807) is 31.2 Å². The highest BCUT2D eigenvalue weighted by Gasteiger charge is 2.41. The van der Waals surface area contributed by atoms with Crippen molar-refractivity contribution in [2.45, 2.75) is 39.8 Å². The van der Waals surface area contributed by atoms with Crippen LogP contribution < -0.4 is 19.7 Å². The number of rotatable bonds is 7. The standard InChI is InChI=1S/C22H25N3O6/c1-5-30-17-9-6-15(7-10-17)23-21(26)14(4)24-18-11-8-16(25(28)29)12-19(18)31-20(13(2)3)22(24)27/h6-14,20H,5H2,1-4H3,(H,23,26). The topological polar surface area (TPSA) is 111 Å². The Kier molecular flexibility index (Phi) is 6.43. The van der Waals surface area contributed by atoms with Gasteiger partial charge in [0.25, 0.3) is 11.6 Å². The van der Waals surface area contributed by atoms with Gasteiger partial charge in [0.1, 0.15) is 11.8 Å². The summed E-state index contributed by atoms with van der Waals surface area (Å²) in [6, 6.07) is 10.0. The van der Waals surface area contributed by atoms with Crippen LogP contribution in [0.25, 0.3) is 0 Å². The highest BCUT2D eigenvalue weighted by Crippen LogP contribution is 2.39. The molecule has 9 nitrogen and oxygen atoms in total. The molecule has 0 saturated carbocycles. The lowest BCUT2D eigenvalue weighted by atomic mass is 10.0. The molecule has 1 N–H and O–H groups in total. The first-order valence-electron chi connectivity index (χ1n) is 10.0. The van der Waals surface area contributed by atoms with E-state index >= 15 is 0 Å². The molecule has 0 aliphatic carbocycles. The summed E-state index contributed by atoms with van der Waals surface area (Å²) in [5.41, 5.74) is 0.731. The number of nitro benzene ring substituents is 1. The van der Waals surface area contributed by atoms with Crippen LogP contribution in [0.3, 0.4) is 0 Å². The van der Waals surface area contributed by atoms with Crippen LogP contribution in [-0.2, 0) is 9.59 Å². The Morgan fingerprint density at radius 1 is 1.23 bits per heavy atom. The fourth-order valence-corrected chi connectivity index (χ4v) is 3.34. The number of carbonyl (C=O) groups is 2. The van der Waals surface area contributed by atoms with Crippen molar-refractivity contribution >= 4 is 28.9 Å². The summed E-state index contributed by atoms with van der Waals surface area (Å²) in [7, 11) is 0. The van der Waals surface area contributed by atoms with E-state index in [9.17, 15) is 19.7 Å². The number of benzene rings is 2. The number of carbonyl (C=O) groups excluding carboxylic acids is 2. The van der Waals surface area contributed by atoms with E-state index in [0.29, 0.717) is 23.7 Å². The average Bonchev–Trinajstić information content (AvgIpc) is 2.73. The van der Waals surface area contributed by atoms with Crippen LogP contribution in [-0.4, -0.2) is 35.5 Å². The molecule has 0 spiro atoms. The largest absolute Gasteiger partial charge is 0.494 e. The SMILES string of the molecule is CCOc1ccc(NC(=O)C(C)N2C(=O)C(C(C)C)Oc3cc([N+](=O)[O-])ccc32)cc1. The molecular weight excluding hydrogens is 402 g/mol. The van der Waals surface area contributed by atoms with Gasteiger partial charge >= 0.3 is 0 Å². The molecular formula is C22H25N3O6. The molecule has 164 valence electrons. The zero-order valence-corrected chi connectivity index (χ0v) is 17.8. The maximum absolute atomic E-state index is 13.1. The van der Waals surface area contributed by atoms with E-state index in [4.69, 9.17) is 9.47 Å². The van der Waals surface area contributed by atoms with E-state index in [0.717, 1.165) is 0 Å². The van der Waals surface area contributed by atoms with Gasteiger partial charge in [0.05, 0.1) is 23.3 Å². The van der Waals surface area contributed by atoms with Gasteiger partial charge < -0.3 is 14.8 Å². The molecule has 2 unspecified atom stereocenters. The van der Waals surface area contributed by atoms with Crippen LogP contribution in [0, 0.1) is 16.0 Å².